The van der Waals surface area contributed by atoms with Gasteiger partial charge in [0.05, 0.1) is 7.11 Å². The van der Waals surface area contributed by atoms with E-state index in [2.05, 4.69) is 14.8 Å². The molecule has 0 fully saturated rings. The van der Waals surface area contributed by atoms with Crippen molar-refractivity contribution in [2.45, 2.75) is 0 Å². The van der Waals surface area contributed by atoms with Gasteiger partial charge < -0.3 is 4.74 Å². The molecule has 0 aromatic rings. The summed E-state index contributed by atoms with van der Waals surface area (Å²) in [4.78, 5) is 12.8. The van der Waals surface area contributed by atoms with Gasteiger partial charge in [-0.25, -0.2) is 4.79 Å². The van der Waals surface area contributed by atoms with Crippen LogP contribution in [0.5, 0.6) is 0 Å². The van der Waals surface area contributed by atoms with Crippen molar-refractivity contribution in [3.05, 3.63) is 22.6 Å². The first kappa shape index (κ1) is 8.52. The first-order chi connectivity index (χ1) is 4.81. The second-order valence-corrected chi connectivity index (χ2v) is 1.34. The van der Waals surface area contributed by atoms with Crippen LogP contribution in [0.15, 0.2) is 17.3 Å². The first-order valence-electron chi connectivity index (χ1n) is 2.56. The summed E-state index contributed by atoms with van der Waals surface area (Å²) in [5.41, 5.74) is 7.80. The van der Waals surface area contributed by atoms with Crippen molar-refractivity contribution in [2.24, 2.45) is 5.11 Å². The van der Waals surface area contributed by atoms with Gasteiger partial charge in [0.25, 0.3) is 0 Å². The molecule has 0 atom stereocenters. The normalized spacial score (nSPS) is 8.90. The number of hydrogen-bond acceptors (Lipinski definition) is 3. The van der Waals surface area contributed by atoms with E-state index >= 15 is 0 Å². The molecule has 0 saturated heterocycles. The van der Waals surface area contributed by atoms with Crippen LogP contribution in [0, 0.1) is 0 Å². The molecule has 0 unspecified atom stereocenters. The number of carbonyl (C=O) groups excluding carboxylic acids is 1. The molecular formula is C5H7N3O2. The van der Waals surface area contributed by atoms with Gasteiger partial charge in [0.2, 0.25) is 0 Å². The lowest BCUT2D eigenvalue weighted by molar-refractivity contribution is -0.134. The van der Waals surface area contributed by atoms with Gasteiger partial charge in [0, 0.05) is 17.5 Å². The Hall–Kier alpha value is -1.48. The van der Waals surface area contributed by atoms with Gasteiger partial charge in [0.1, 0.15) is 0 Å². The zero-order valence-electron chi connectivity index (χ0n) is 5.52. The fourth-order valence-electron chi connectivity index (χ4n) is 0.301. The molecule has 5 heteroatoms. The largest absolute Gasteiger partial charge is 0.466 e. The molecule has 10 heavy (non-hydrogen) atoms. The lowest BCUT2D eigenvalue weighted by Gasteiger charge is -1.86. The van der Waals surface area contributed by atoms with Gasteiger partial charge in [-0.3, -0.25) is 0 Å². The number of methoxy groups -OCH3 is 1. The SMILES string of the molecule is COC(=O)C=CCN=[N+]=[N-]. The Kier molecular flexibility index (Phi) is 4.82. The second kappa shape index (κ2) is 5.65. The summed E-state index contributed by atoms with van der Waals surface area (Å²) in [5.74, 6) is -0.451. The van der Waals surface area contributed by atoms with Crippen LogP contribution in [0.2, 0.25) is 0 Å². The number of azide groups is 1. The van der Waals surface area contributed by atoms with Crippen LogP contribution >= 0.6 is 0 Å². The molecule has 0 N–H and O–H groups in total. The monoisotopic (exact) mass is 141 g/mol. The average Bonchev–Trinajstić information content (AvgIpc) is 1.98. The van der Waals surface area contributed by atoms with Crippen molar-refractivity contribution in [3.8, 4) is 0 Å². The highest BCUT2D eigenvalue weighted by atomic mass is 16.5. The summed E-state index contributed by atoms with van der Waals surface area (Å²) in [6, 6.07) is 0. The Morgan fingerprint density at radius 1 is 1.90 bits per heavy atom. The van der Waals surface area contributed by atoms with Gasteiger partial charge >= 0.3 is 5.97 Å². The molecule has 0 radical (unpaired) electrons. The van der Waals surface area contributed by atoms with Crippen molar-refractivity contribution >= 4 is 5.97 Å². The lowest BCUT2D eigenvalue weighted by atomic mass is 10.5. The molecule has 54 valence electrons. The minimum Gasteiger partial charge on any atom is -0.466 e. The summed E-state index contributed by atoms with van der Waals surface area (Å²) >= 11 is 0. The molecule has 0 saturated carbocycles. The van der Waals surface area contributed by atoms with Crippen molar-refractivity contribution < 1.29 is 9.53 Å². The number of rotatable bonds is 3. The Morgan fingerprint density at radius 2 is 2.60 bits per heavy atom. The van der Waals surface area contributed by atoms with Crippen molar-refractivity contribution in [1.29, 1.82) is 0 Å². The van der Waals surface area contributed by atoms with Crippen LogP contribution in [-0.4, -0.2) is 19.6 Å². The van der Waals surface area contributed by atoms with Crippen LogP contribution in [0.3, 0.4) is 0 Å². The van der Waals surface area contributed by atoms with Crippen molar-refractivity contribution in [1.82, 2.24) is 0 Å². The van der Waals surface area contributed by atoms with Crippen LogP contribution in [-0.2, 0) is 9.53 Å². The number of esters is 1. The van der Waals surface area contributed by atoms with Gasteiger partial charge in [-0.2, -0.15) is 0 Å². The van der Waals surface area contributed by atoms with Crippen LogP contribution in [0.1, 0.15) is 0 Å². The van der Waals surface area contributed by atoms with Gasteiger partial charge in [0.15, 0.2) is 0 Å². The highest BCUT2D eigenvalue weighted by molar-refractivity contribution is 5.81. The predicted molar refractivity (Wildman–Crippen MR) is 35.2 cm³/mol. The van der Waals surface area contributed by atoms with Gasteiger partial charge in [-0.15, -0.1) is 0 Å². The van der Waals surface area contributed by atoms with E-state index in [1.165, 1.54) is 19.3 Å². The minimum atomic E-state index is -0.451. The average molecular weight is 141 g/mol. The maximum Gasteiger partial charge on any atom is 0.330 e. The number of ether oxygens (including phenoxy) is 1. The number of nitrogens with zero attached hydrogens (tertiary/aromatic N) is 3. The Morgan fingerprint density at radius 3 is 3.10 bits per heavy atom. The molecule has 0 aliphatic carbocycles. The number of carbonyl (C=O) groups is 1. The Balaban J connectivity index is 3.55. The molecule has 0 amide bonds. The molecule has 0 heterocycles. The number of hydrogen-bond donors (Lipinski definition) is 0. The van der Waals surface area contributed by atoms with Crippen molar-refractivity contribution in [2.75, 3.05) is 13.7 Å². The first-order valence-corrected chi connectivity index (χ1v) is 2.56. The van der Waals surface area contributed by atoms with Crippen LogP contribution in [0.4, 0.5) is 0 Å². The van der Waals surface area contributed by atoms with Crippen LogP contribution in [0.25, 0.3) is 10.4 Å². The summed E-state index contributed by atoms with van der Waals surface area (Å²) in [5, 5.41) is 3.16. The highest BCUT2D eigenvalue weighted by Gasteiger charge is 1.86. The quantitative estimate of drug-likeness (QED) is 0.193. The van der Waals surface area contributed by atoms with Crippen molar-refractivity contribution in [3.63, 3.8) is 0 Å². The van der Waals surface area contributed by atoms with E-state index in [1.54, 1.807) is 0 Å². The zero-order valence-corrected chi connectivity index (χ0v) is 5.52. The van der Waals surface area contributed by atoms with E-state index in [9.17, 15) is 4.79 Å². The highest BCUT2D eigenvalue weighted by Crippen LogP contribution is 1.79. The van der Waals surface area contributed by atoms with E-state index in [0.29, 0.717) is 0 Å². The molecular weight excluding hydrogens is 134 g/mol. The van der Waals surface area contributed by atoms with Crippen LogP contribution < -0.4 is 0 Å². The third-order valence-electron chi connectivity index (χ3n) is 0.705. The fraction of sp³-hybridized carbons (Fsp3) is 0.400. The Bertz CT molecular complexity index is 181. The third kappa shape index (κ3) is 4.67. The Labute approximate surface area is 57.9 Å². The summed E-state index contributed by atoms with van der Waals surface area (Å²) < 4.78 is 4.27. The maximum absolute atomic E-state index is 10.3. The molecule has 0 aliphatic heterocycles. The lowest BCUT2D eigenvalue weighted by Crippen LogP contribution is -1.93. The molecule has 0 aromatic heterocycles. The van der Waals surface area contributed by atoms with Gasteiger partial charge in [-0.05, 0) is 5.53 Å². The predicted octanol–water partition coefficient (Wildman–Crippen LogP) is 1.03. The fourth-order valence-corrected chi connectivity index (χ4v) is 0.301. The van der Waals surface area contributed by atoms with E-state index in [0.717, 1.165) is 0 Å². The summed E-state index contributed by atoms with van der Waals surface area (Å²) in [6.07, 6.45) is 2.63. The molecule has 0 spiro atoms. The summed E-state index contributed by atoms with van der Waals surface area (Å²) in [6.45, 7) is 0.172. The van der Waals surface area contributed by atoms with Gasteiger partial charge in [-0.1, -0.05) is 11.2 Å². The molecule has 0 rings (SSSR count). The standard InChI is InChI=1S/C5H7N3O2/c1-10-5(9)3-2-4-7-8-6/h2-3H,4H2,1H3. The third-order valence-corrected chi connectivity index (χ3v) is 0.705. The van der Waals surface area contributed by atoms with E-state index < -0.39 is 5.97 Å². The molecule has 0 aliphatic rings. The van der Waals surface area contributed by atoms with E-state index in [1.807, 2.05) is 0 Å². The van der Waals surface area contributed by atoms with E-state index in [4.69, 9.17) is 5.53 Å². The smallest absolute Gasteiger partial charge is 0.330 e. The maximum atomic E-state index is 10.3. The second-order valence-electron chi connectivity index (χ2n) is 1.34. The molecule has 0 bridgehead atoms. The molecule has 0 aromatic carbocycles. The minimum absolute atomic E-state index is 0.172. The zero-order chi connectivity index (χ0) is 7.82. The van der Waals surface area contributed by atoms with E-state index in [-0.39, 0.29) is 6.54 Å². The molecule has 5 nitrogen and oxygen atoms in total. The summed E-state index contributed by atoms with van der Waals surface area (Å²) in [7, 11) is 1.28. The topological polar surface area (TPSA) is 75.1 Å².